The highest BCUT2D eigenvalue weighted by molar-refractivity contribution is 6.00. The average Bonchev–Trinajstić information content (AvgIpc) is 3.96. The van der Waals surface area contributed by atoms with Gasteiger partial charge in [-0.15, -0.1) is 0 Å². The highest BCUT2D eigenvalue weighted by atomic mass is 16.5. The number of ether oxygens (including phenoxy) is 1. The fraction of sp³-hybridized carbons (Fsp3) is 0.0444. The van der Waals surface area contributed by atoms with Gasteiger partial charge >= 0.3 is 5.97 Å². The lowest BCUT2D eigenvalue weighted by atomic mass is 9.84. The lowest BCUT2D eigenvalue weighted by molar-refractivity contribution is -0.141. The van der Waals surface area contributed by atoms with Crippen LogP contribution < -0.4 is 0 Å². The number of nitrogens with zero attached hydrogens (tertiary/aromatic N) is 2. The van der Waals surface area contributed by atoms with Crippen molar-refractivity contribution >= 4 is 40.2 Å². The number of methoxy groups -OCH3 is 1. The number of rotatable bonds is 5. The van der Waals surface area contributed by atoms with Crippen molar-refractivity contribution in [3.05, 3.63) is 168 Å². The molecule has 0 aliphatic carbocycles. The summed E-state index contributed by atoms with van der Waals surface area (Å²) < 4.78 is 5.50. The molecule has 3 aromatic heterocycles. The van der Waals surface area contributed by atoms with Crippen LogP contribution in [0, 0.1) is 0 Å². The van der Waals surface area contributed by atoms with E-state index in [1.54, 1.807) is 0 Å². The largest absolute Gasteiger partial charge is 0.468 e. The molecule has 0 unspecified atom stereocenters. The van der Waals surface area contributed by atoms with Crippen molar-refractivity contribution < 1.29 is 9.53 Å². The molecule has 3 aliphatic heterocycles. The molecule has 6 nitrogen and oxygen atoms in total. The molecular formula is C45H32N4O2. The van der Waals surface area contributed by atoms with Gasteiger partial charge in [-0.2, -0.15) is 0 Å². The van der Waals surface area contributed by atoms with E-state index in [-0.39, 0.29) is 5.97 Å². The number of carbonyl (C=O) groups is 1. The Balaban J connectivity index is 1.50. The predicted octanol–water partition coefficient (Wildman–Crippen LogP) is 10.5. The van der Waals surface area contributed by atoms with E-state index >= 15 is 0 Å². The minimum atomic E-state index is -0.724. The second kappa shape index (κ2) is 12.6. The minimum absolute atomic E-state index is 0.364. The van der Waals surface area contributed by atoms with Crippen molar-refractivity contribution in [3.63, 3.8) is 0 Å². The molecule has 8 bridgehead atoms. The van der Waals surface area contributed by atoms with E-state index < -0.39 is 5.92 Å². The van der Waals surface area contributed by atoms with Gasteiger partial charge < -0.3 is 14.7 Å². The number of carbonyl (C=O) groups excluding carboxylic acids is 1. The molecular weight excluding hydrogens is 629 g/mol. The fourth-order valence-electron chi connectivity index (χ4n) is 7.26. The minimum Gasteiger partial charge on any atom is -0.468 e. The van der Waals surface area contributed by atoms with Gasteiger partial charge in [0.25, 0.3) is 0 Å². The number of benzene rings is 4. The molecule has 51 heavy (non-hydrogen) atoms. The van der Waals surface area contributed by atoms with E-state index in [4.69, 9.17) is 14.7 Å². The van der Waals surface area contributed by atoms with Gasteiger partial charge in [0.05, 0.1) is 29.9 Å². The zero-order valence-corrected chi connectivity index (χ0v) is 27.8. The Kier molecular flexibility index (Phi) is 7.47. The Hall–Kier alpha value is -6.79. The smallest absolute Gasteiger partial charge is 0.320 e. The molecule has 0 saturated carbocycles. The Morgan fingerprint density at radius 1 is 0.471 bits per heavy atom. The lowest BCUT2D eigenvalue weighted by Gasteiger charge is -2.26. The summed E-state index contributed by atoms with van der Waals surface area (Å²) in [5.41, 5.74) is 14.1. The van der Waals surface area contributed by atoms with Gasteiger partial charge in [-0.05, 0) is 58.7 Å². The summed E-state index contributed by atoms with van der Waals surface area (Å²) in [6.45, 7) is 0. The molecule has 4 aromatic carbocycles. The maximum absolute atomic E-state index is 13.9. The van der Waals surface area contributed by atoms with Crippen LogP contribution in [0.2, 0.25) is 0 Å². The molecule has 0 radical (unpaired) electrons. The van der Waals surface area contributed by atoms with Crippen LogP contribution in [0.5, 0.6) is 0 Å². The number of aromatic amines is 2. The van der Waals surface area contributed by atoms with E-state index in [0.717, 1.165) is 78.0 Å². The SMILES string of the molecule is COC(=O)C1c2nc1c(-c1ccccc1)c1ccc([nH]1)c(-c1ccccc1)c1nc(c(-c3ccccc3)c3ccc([nH]3)c2-c2ccccc2)C=C1. The molecule has 6 heterocycles. The lowest BCUT2D eigenvalue weighted by Crippen LogP contribution is -2.26. The van der Waals surface area contributed by atoms with Gasteiger partial charge in [0.2, 0.25) is 0 Å². The van der Waals surface area contributed by atoms with Crippen LogP contribution in [-0.4, -0.2) is 33.0 Å². The van der Waals surface area contributed by atoms with Gasteiger partial charge in [0.1, 0.15) is 5.92 Å². The van der Waals surface area contributed by atoms with E-state index in [1.807, 2.05) is 72.8 Å². The van der Waals surface area contributed by atoms with Gasteiger partial charge in [-0.1, -0.05) is 121 Å². The second-order valence-electron chi connectivity index (χ2n) is 12.6. The monoisotopic (exact) mass is 660 g/mol. The van der Waals surface area contributed by atoms with Crippen molar-refractivity contribution in [2.75, 3.05) is 7.11 Å². The average molecular weight is 661 g/mol. The van der Waals surface area contributed by atoms with E-state index in [2.05, 4.69) is 94.9 Å². The topological polar surface area (TPSA) is 83.7 Å². The van der Waals surface area contributed by atoms with Crippen LogP contribution in [-0.2, 0) is 9.53 Å². The van der Waals surface area contributed by atoms with Crippen LogP contribution in [0.1, 0.15) is 28.7 Å². The summed E-state index contributed by atoms with van der Waals surface area (Å²) in [6, 6.07) is 49.1. The first-order chi connectivity index (χ1) is 25.2. The van der Waals surface area contributed by atoms with Crippen LogP contribution >= 0.6 is 0 Å². The van der Waals surface area contributed by atoms with Crippen molar-refractivity contribution in [2.24, 2.45) is 0 Å². The summed E-state index contributed by atoms with van der Waals surface area (Å²) in [6.07, 6.45) is 4.19. The number of esters is 1. The van der Waals surface area contributed by atoms with Gasteiger partial charge in [-0.25, -0.2) is 4.98 Å². The zero-order chi connectivity index (χ0) is 34.3. The number of aromatic nitrogens is 4. The van der Waals surface area contributed by atoms with Crippen molar-refractivity contribution in [2.45, 2.75) is 5.92 Å². The third-order valence-electron chi connectivity index (χ3n) is 9.59. The van der Waals surface area contributed by atoms with E-state index in [1.165, 1.54) is 7.11 Å². The Labute approximate surface area is 294 Å². The first-order valence-corrected chi connectivity index (χ1v) is 17.0. The molecule has 10 rings (SSSR count). The molecule has 3 aliphatic rings. The molecule has 244 valence electrons. The van der Waals surface area contributed by atoms with Crippen LogP contribution in [0.3, 0.4) is 0 Å². The highest BCUT2D eigenvalue weighted by Crippen LogP contribution is 2.45. The Bertz CT molecular complexity index is 2450. The maximum atomic E-state index is 13.9. The van der Waals surface area contributed by atoms with Crippen LogP contribution in [0.25, 0.3) is 78.7 Å². The molecule has 2 N–H and O–H groups in total. The Morgan fingerprint density at radius 2 is 0.804 bits per heavy atom. The summed E-state index contributed by atoms with van der Waals surface area (Å²) in [5, 5.41) is 0. The number of nitrogens with one attached hydrogen (secondary N) is 2. The number of hydrogen-bond acceptors (Lipinski definition) is 4. The van der Waals surface area contributed by atoms with Crippen LogP contribution in [0.15, 0.2) is 146 Å². The van der Waals surface area contributed by atoms with E-state index in [0.29, 0.717) is 11.4 Å². The maximum Gasteiger partial charge on any atom is 0.320 e. The van der Waals surface area contributed by atoms with Gasteiger partial charge in [-0.3, -0.25) is 9.78 Å². The molecule has 0 amide bonds. The van der Waals surface area contributed by atoms with E-state index in [9.17, 15) is 4.79 Å². The summed E-state index contributed by atoms with van der Waals surface area (Å²) in [5.74, 6) is -1.09. The normalized spacial score (nSPS) is 12.3. The van der Waals surface area contributed by atoms with Crippen molar-refractivity contribution in [3.8, 4) is 44.5 Å². The fourth-order valence-corrected chi connectivity index (χ4v) is 7.26. The third-order valence-corrected chi connectivity index (χ3v) is 9.59. The highest BCUT2D eigenvalue weighted by Gasteiger charge is 2.38. The molecule has 0 fully saturated rings. The summed E-state index contributed by atoms with van der Waals surface area (Å²) in [4.78, 5) is 31.9. The molecule has 7 aromatic rings. The predicted molar refractivity (Wildman–Crippen MR) is 206 cm³/mol. The molecule has 6 heteroatoms. The quantitative estimate of drug-likeness (QED) is 0.180. The van der Waals surface area contributed by atoms with Gasteiger partial charge in [0, 0.05) is 44.3 Å². The Morgan fingerprint density at radius 3 is 1.16 bits per heavy atom. The first-order valence-electron chi connectivity index (χ1n) is 17.0. The van der Waals surface area contributed by atoms with Crippen LogP contribution in [0.4, 0.5) is 0 Å². The van der Waals surface area contributed by atoms with Crippen molar-refractivity contribution in [1.82, 2.24) is 19.9 Å². The number of H-pyrrole nitrogens is 2. The second-order valence-corrected chi connectivity index (χ2v) is 12.6. The third kappa shape index (κ3) is 5.25. The summed E-state index contributed by atoms with van der Waals surface area (Å²) in [7, 11) is 1.44. The molecule has 0 saturated heterocycles. The molecule has 0 atom stereocenters. The molecule has 0 spiro atoms. The summed E-state index contributed by atoms with van der Waals surface area (Å²) >= 11 is 0. The first kappa shape index (κ1) is 30.3. The van der Waals surface area contributed by atoms with Crippen molar-refractivity contribution in [1.29, 1.82) is 0 Å². The van der Waals surface area contributed by atoms with Gasteiger partial charge in [0.15, 0.2) is 0 Å². The zero-order valence-electron chi connectivity index (χ0n) is 27.8. The number of hydrogen-bond donors (Lipinski definition) is 2. The standard InChI is InChI=1S/C45H32N4O2/c1-51-45(50)42-43-40(30-18-10-4-11-19-30)36-26-24-34(47-36)38(28-14-6-2-7-15-28)32-22-23-33(46-32)39(29-16-8-3-9-17-29)35-25-27-37(48-35)41(44(42)49-43)31-20-12-5-13-21-31/h2-27,42,47-48H,1H3.